The number of carbonyl (C=O) groups excluding carboxylic acids is 1. The van der Waals surface area contributed by atoms with Crippen LogP contribution in [-0.2, 0) is 13.1 Å². The zero-order valence-electron chi connectivity index (χ0n) is 9.85. The Morgan fingerprint density at radius 1 is 1.28 bits per heavy atom. The molecule has 0 spiro atoms. The Bertz CT molecular complexity index is 551. The third-order valence-corrected chi connectivity index (χ3v) is 3.54. The van der Waals surface area contributed by atoms with Crippen molar-refractivity contribution < 1.29 is 4.79 Å². The molecule has 94 valence electrons. The fourth-order valence-corrected chi connectivity index (χ4v) is 2.42. The lowest BCUT2D eigenvalue weighted by molar-refractivity contribution is 0.1000. The zero-order chi connectivity index (χ0) is 13.0. The van der Waals surface area contributed by atoms with Gasteiger partial charge in [0.2, 0.25) is 5.91 Å². The van der Waals surface area contributed by atoms with Crippen molar-refractivity contribution in [3.63, 3.8) is 0 Å². The van der Waals surface area contributed by atoms with Gasteiger partial charge in [0, 0.05) is 29.2 Å². The number of rotatable bonds is 5. The van der Waals surface area contributed by atoms with Crippen LogP contribution in [0, 0.1) is 0 Å². The van der Waals surface area contributed by atoms with E-state index in [0.29, 0.717) is 12.1 Å². The van der Waals surface area contributed by atoms with Crippen LogP contribution < -0.4 is 16.8 Å². The lowest BCUT2D eigenvalue weighted by atomic mass is 10.1. The van der Waals surface area contributed by atoms with Crippen molar-refractivity contribution in [1.82, 2.24) is 5.32 Å². The van der Waals surface area contributed by atoms with Gasteiger partial charge in [0.05, 0.1) is 0 Å². The summed E-state index contributed by atoms with van der Waals surface area (Å²) >= 11 is 1.63. The molecule has 0 atom stereocenters. The molecule has 5 N–H and O–H groups in total. The van der Waals surface area contributed by atoms with E-state index in [1.165, 1.54) is 0 Å². The first-order valence-corrected chi connectivity index (χ1v) is 6.46. The van der Waals surface area contributed by atoms with E-state index in [4.69, 9.17) is 11.5 Å². The van der Waals surface area contributed by atoms with Crippen LogP contribution in [0.25, 0.3) is 0 Å². The lowest BCUT2D eigenvalue weighted by Crippen LogP contribution is -2.14. The molecule has 5 heteroatoms. The second kappa shape index (κ2) is 5.66. The number of thiophene rings is 1. The van der Waals surface area contributed by atoms with Crippen LogP contribution in [0.1, 0.15) is 20.8 Å². The van der Waals surface area contributed by atoms with E-state index in [0.717, 1.165) is 22.7 Å². The number of primary amides is 1. The Kier molecular flexibility index (Phi) is 3.96. The van der Waals surface area contributed by atoms with Gasteiger partial charge < -0.3 is 16.8 Å². The average Bonchev–Trinajstić information content (AvgIpc) is 2.76. The molecule has 2 rings (SSSR count). The van der Waals surface area contributed by atoms with E-state index in [9.17, 15) is 4.79 Å². The van der Waals surface area contributed by atoms with Gasteiger partial charge >= 0.3 is 0 Å². The number of amides is 1. The summed E-state index contributed by atoms with van der Waals surface area (Å²) in [6.07, 6.45) is 0. The predicted octanol–water partition coefficient (Wildman–Crippen LogP) is 1.72. The van der Waals surface area contributed by atoms with Crippen molar-refractivity contribution in [2.45, 2.75) is 13.1 Å². The minimum Gasteiger partial charge on any atom is -0.398 e. The Morgan fingerprint density at radius 2 is 2.11 bits per heavy atom. The molecule has 0 unspecified atom stereocenters. The highest BCUT2D eigenvalue weighted by Crippen LogP contribution is 2.18. The molecule has 4 nitrogen and oxygen atoms in total. The van der Waals surface area contributed by atoms with Crippen LogP contribution >= 0.6 is 11.3 Å². The highest BCUT2D eigenvalue weighted by molar-refractivity contribution is 7.10. The Balaban J connectivity index is 1.92. The van der Waals surface area contributed by atoms with Crippen molar-refractivity contribution in [3.05, 3.63) is 51.7 Å². The van der Waals surface area contributed by atoms with Crippen molar-refractivity contribution in [2.75, 3.05) is 5.73 Å². The summed E-state index contributed by atoms with van der Waals surface area (Å²) in [6.45, 7) is 1.41. The van der Waals surface area contributed by atoms with E-state index >= 15 is 0 Å². The van der Waals surface area contributed by atoms with E-state index in [1.807, 2.05) is 23.6 Å². The highest BCUT2D eigenvalue weighted by Gasteiger charge is 2.02. The molecule has 1 heterocycles. The molecular weight excluding hydrogens is 246 g/mol. The molecule has 0 fully saturated rings. The third-order valence-electron chi connectivity index (χ3n) is 2.61. The topological polar surface area (TPSA) is 81.1 Å². The van der Waals surface area contributed by atoms with Crippen molar-refractivity contribution in [2.24, 2.45) is 5.73 Å². The first-order chi connectivity index (χ1) is 8.66. The summed E-state index contributed by atoms with van der Waals surface area (Å²) in [5, 5.41) is 5.26. The van der Waals surface area contributed by atoms with Crippen molar-refractivity contribution in [3.8, 4) is 0 Å². The second-order valence-electron chi connectivity index (χ2n) is 3.97. The minimum atomic E-state index is -0.403. The first-order valence-electron chi connectivity index (χ1n) is 5.58. The Morgan fingerprint density at radius 3 is 2.78 bits per heavy atom. The van der Waals surface area contributed by atoms with E-state index in [2.05, 4.69) is 5.32 Å². The molecule has 1 aromatic carbocycles. The standard InChI is InChI=1S/C13H15N3OS/c14-11-4-5-18-12(11)8-16-7-9-2-1-3-10(6-9)13(15)17/h1-6,16H,7-8,14H2,(H2,15,17). The molecule has 1 amide bonds. The van der Waals surface area contributed by atoms with Gasteiger partial charge in [-0.2, -0.15) is 0 Å². The number of benzene rings is 1. The quantitative estimate of drug-likeness (QED) is 0.766. The number of hydrogen-bond donors (Lipinski definition) is 3. The molecule has 2 aromatic rings. The molecule has 0 saturated carbocycles. The minimum absolute atomic E-state index is 0.403. The molecule has 0 aliphatic carbocycles. The van der Waals surface area contributed by atoms with Gasteiger partial charge in [-0.3, -0.25) is 4.79 Å². The van der Waals surface area contributed by atoms with Crippen LogP contribution in [-0.4, -0.2) is 5.91 Å². The van der Waals surface area contributed by atoms with Crippen LogP contribution in [0.3, 0.4) is 0 Å². The van der Waals surface area contributed by atoms with Gasteiger partial charge in [-0.05, 0) is 29.1 Å². The fraction of sp³-hybridized carbons (Fsp3) is 0.154. The summed E-state index contributed by atoms with van der Waals surface area (Å²) in [5.41, 5.74) is 13.4. The third kappa shape index (κ3) is 3.09. The maximum absolute atomic E-state index is 11.0. The SMILES string of the molecule is NC(=O)c1cccc(CNCc2sccc2N)c1. The number of anilines is 1. The van der Waals surface area contributed by atoms with Gasteiger partial charge in [-0.1, -0.05) is 12.1 Å². The average molecular weight is 261 g/mol. The molecule has 18 heavy (non-hydrogen) atoms. The number of nitrogens with two attached hydrogens (primary N) is 2. The summed E-state index contributed by atoms with van der Waals surface area (Å²) in [6, 6.07) is 9.19. The normalized spacial score (nSPS) is 10.4. The fourth-order valence-electron chi connectivity index (χ4n) is 1.65. The maximum atomic E-state index is 11.0. The molecule has 0 bridgehead atoms. The molecule has 0 aliphatic heterocycles. The van der Waals surface area contributed by atoms with Gasteiger partial charge in [0.25, 0.3) is 0 Å². The van der Waals surface area contributed by atoms with Gasteiger partial charge in [0.15, 0.2) is 0 Å². The first kappa shape index (κ1) is 12.6. The van der Waals surface area contributed by atoms with E-state index < -0.39 is 5.91 Å². The van der Waals surface area contributed by atoms with Crippen LogP contribution in [0.5, 0.6) is 0 Å². The van der Waals surface area contributed by atoms with Crippen LogP contribution in [0.15, 0.2) is 35.7 Å². The zero-order valence-corrected chi connectivity index (χ0v) is 10.7. The summed E-state index contributed by atoms with van der Waals surface area (Å²) in [4.78, 5) is 12.2. The second-order valence-corrected chi connectivity index (χ2v) is 4.97. The Hall–Kier alpha value is -1.85. The van der Waals surface area contributed by atoms with E-state index in [-0.39, 0.29) is 0 Å². The number of nitrogens with one attached hydrogen (secondary N) is 1. The summed E-state index contributed by atoms with van der Waals surface area (Å²) in [5.74, 6) is -0.403. The molecular formula is C13H15N3OS. The maximum Gasteiger partial charge on any atom is 0.248 e. The monoisotopic (exact) mass is 261 g/mol. The lowest BCUT2D eigenvalue weighted by Gasteiger charge is -2.05. The van der Waals surface area contributed by atoms with Crippen molar-refractivity contribution in [1.29, 1.82) is 0 Å². The summed E-state index contributed by atoms with van der Waals surface area (Å²) in [7, 11) is 0. The van der Waals surface area contributed by atoms with Gasteiger partial charge in [-0.25, -0.2) is 0 Å². The van der Waals surface area contributed by atoms with Gasteiger partial charge in [-0.15, -0.1) is 11.3 Å². The van der Waals surface area contributed by atoms with Crippen LogP contribution in [0.4, 0.5) is 5.69 Å². The van der Waals surface area contributed by atoms with Crippen molar-refractivity contribution >= 4 is 22.9 Å². The molecule has 0 saturated heterocycles. The summed E-state index contributed by atoms with van der Waals surface area (Å²) < 4.78 is 0. The predicted molar refractivity (Wildman–Crippen MR) is 74.2 cm³/mol. The smallest absolute Gasteiger partial charge is 0.248 e. The largest absolute Gasteiger partial charge is 0.398 e. The molecule has 1 aromatic heterocycles. The number of hydrogen-bond acceptors (Lipinski definition) is 4. The number of nitrogen functional groups attached to an aromatic ring is 1. The van der Waals surface area contributed by atoms with Crippen LogP contribution in [0.2, 0.25) is 0 Å². The highest BCUT2D eigenvalue weighted by atomic mass is 32.1. The number of carbonyl (C=O) groups is 1. The molecule has 0 aliphatic rings. The van der Waals surface area contributed by atoms with Gasteiger partial charge in [0.1, 0.15) is 0 Å². The molecule has 0 radical (unpaired) electrons. The Labute approximate surface area is 110 Å². The van der Waals surface area contributed by atoms with E-state index in [1.54, 1.807) is 23.5 Å².